The van der Waals surface area contributed by atoms with Crippen molar-refractivity contribution in [1.29, 1.82) is 0 Å². The highest BCUT2D eigenvalue weighted by Gasteiger charge is 2.42. The summed E-state index contributed by atoms with van der Waals surface area (Å²) in [7, 11) is 0. The van der Waals surface area contributed by atoms with Crippen molar-refractivity contribution >= 4 is 5.82 Å². The molecule has 0 aromatic carbocycles. The lowest BCUT2D eigenvalue weighted by atomic mass is 10.0. The number of rotatable bonds is 2. The van der Waals surface area contributed by atoms with Gasteiger partial charge in [0, 0.05) is 5.56 Å². The van der Waals surface area contributed by atoms with Gasteiger partial charge in [0.25, 0.3) is 5.56 Å². The standard InChI is InChI=1S/C12H15N3O4/c1-2-5-3-6(12(19)15-11(5)13)8-10(18)9(17)7(4-16)14-8/h1,3,7-10,14,16-18H,4H2,(H3,13,15,19)/t7-,8?,9-,10+/m1/s1. The Morgan fingerprint density at radius 1 is 1.42 bits per heavy atom. The van der Waals surface area contributed by atoms with E-state index in [4.69, 9.17) is 17.3 Å². The second kappa shape index (κ2) is 5.03. The smallest absolute Gasteiger partial charge is 0.254 e. The number of nitrogens with one attached hydrogen (secondary N) is 2. The van der Waals surface area contributed by atoms with Gasteiger partial charge in [0.2, 0.25) is 0 Å². The third kappa shape index (κ3) is 2.22. The molecule has 0 radical (unpaired) electrons. The monoisotopic (exact) mass is 265 g/mol. The Morgan fingerprint density at radius 2 is 2.11 bits per heavy atom. The van der Waals surface area contributed by atoms with Gasteiger partial charge in [0.05, 0.1) is 30.4 Å². The number of H-pyrrole nitrogens is 1. The van der Waals surface area contributed by atoms with Crippen molar-refractivity contribution < 1.29 is 15.3 Å². The van der Waals surface area contributed by atoms with Crippen LogP contribution in [0.25, 0.3) is 0 Å². The predicted molar refractivity (Wildman–Crippen MR) is 68.2 cm³/mol. The highest BCUT2D eigenvalue weighted by atomic mass is 16.3. The zero-order valence-corrected chi connectivity index (χ0v) is 10.00. The zero-order chi connectivity index (χ0) is 14.2. The van der Waals surface area contributed by atoms with E-state index in [0.29, 0.717) is 5.56 Å². The summed E-state index contributed by atoms with van der Waals surface area (Å²) in [6.45, 7) is -0.358. The van der Waals surface area contributed by atoms with Crippen molar-refractivity contribution in [3.63, 3.8) is 0 Å². The minimum Gasteiger partial charge on any atom is -0.395 e. The molecular weight excluding hydrogens is 250 g/mol. The van der Waals surface area contributed by atoms with Crippen LogP contribution in [0.2, 0.25) is 0 Å². The van der Waals surface area contributed by atoms with Gasteiger partial charge < -0.3 is 31.4 Å². The highest BCUT2D eigenvalue weighted by molar-refractivity contribution is 5.51. The molecule has 2 heterocycles. The number of terminal acetylenes is 1. The second-order valence-corrected chi connectivity index (χ2v) is 4.44. The first-order chi connectivity index (χ1) is 8.99. The van der Waals surface area contributed by atoms with E-state index in [1.54, 1.807) is 0 Å². The molecule has 1 saturated heterocycles. The largest absolute Gasteiger partial charge is 0.395 e. The van der Waals surface area contributed by atoms with Crippen LogP contribution in [-0.4, -0.2) is 45.2 Å². The summed E-state index contributed by atoms with van der Waals surface area (Å²) < 4.78 is 0. The molecule has 1 aromatic heterocycles. The van der Waals surface area contributed by atoms with Crippen molar-refractivity contribution in [2.45, 2.75) is 24.3 Å². The molecule has 1 aliphatic rings. The number of aromatic amines is 1. The predicted octanol–water partition coefficient (Wildman–Crippen LogP) is -2.33. The van der Waals surface area contributed by atoms with E-state index >= 15 is 0 Å². The topological polar surface area (TPSA) is 132 Å². The minimum atomic E-state index is -1.22. The number of hydrogen-bond acceptors (Lipinski definition) is 6. The van der Waals surface area contributed by atoms with Gasteiger partial charge >= 0.3 is 0 Å². The summed E-state index contributed by atoms with van der Waals surface area (Å²) in [5, 5.41) is 31.5. The average Bonchev–Trinajstić information content (AvgIpc) is 2.67. The number of aromatic nitrogens is 1. The first kappa shape index (κ1) is 13.6. The van der Waals surface area contributed by atoms with Crippen LogP contribution in [0, 0.1) is 12.3 Å². The fourth-order valence-corrected chi connectivity index (χ4v) is 2.21. The molecule has 7 nitrogen and oxygen atoms in total. The highest BCUT2D eigenvalue weighted by Crippen LogP contribution is 2.26. The summed E-state index contributed by atoms with van der Waals surface area (Å²) in [6.07, 6.45) is 2.88. The lowest BCUT2D eigenvalue weighted by molar-refractivity contribution is 0.0193. The first-order valence-corrected chi connectivity index (χ1v) is 5.72. The summed E-state index contributed by atoms with van der Waals surface area (Å²) in [5.41, 5.74) is 5.51. The minimum absolute atomic E-state index is 0.0722. The van der Waals surface area contributed by atoms with E-state index in [0.717, 1.165) is 0 Å². The molecule has 102 valence electrons. The zero-order valence-electron chi connectivity index (χ0n) is 10.00. The van der Waals surface area contributed by atoms with Gasteiger partial charge in [-0.25, -0.2) is 0 Å². The van der Waals surface area contributed by atoms with Crippen molar-refractivity contribution in [2.24, 2.45) is 0 Å². The van der Waals surface area contributed by atoms with E-state index in [1.807, 2.05) is 0 Å². The number of anilines is 1. The summed E-state index contributed by atoms with van der Waals surface area (Å²) in [4.78, 5) is 14.2. The van der Waals surface area contributed by atoms with Crippen LogP contribution in [0.3, 0.4) is 0 Å². The number of pyridine rings is 1. The van der Waals surface area contributed by atoms with Crippen molar-refractivity contribution in [3.05, 3.63) is 27.5 Å². The molecule has 7 heteroatoms. The molecule has 1 unspecified atom stereocenters. The van der Waals surface area contributed by atoms with E-state index in [9.17, 15) is 15.0 Å². The van der Waals surface area contributed by atoms with Crippen LogP contribution in [0.15, 0.2) is 10.9 Å². The molecule has 4 atom stereocenters. The van der Waals surface area contributed by atoms with Crippen molar-refractivity contribution in [3.8, 4) is 12.3 Å². The maximum atomic E-state index is 11.8. The molecule has 0 spiro atoms. The first-order valence-electron chi connectivity index (χ1n) is 5.72. The maximum absolute atomic E-state index is 11.8. The number of aliphatic hydroxyl groups excluding tert-OH is 3. The van der Waals surface area contributed by atoms with Gasteiger partial charge in [-0.2, -0.15) is 0 Å². The maximum Gasteiger partial charge on any atom is 0.254 e. The molecule has 0 bridgehead atoms. The lowest BCUT2D eigenvalue weighted by Gasteiger charge is -2.16. The molecule has 19 heavy (non-hydrogen) atoms. The van der Waals surface area contributed by atoms with Gasteiger partial charge in [0.1, 0.15) is 11.9 Å². The second-order valence-electron chi connectivity index (χ2n) is 4.44. The van der Waals surface area contributed by atoms with Crippen molar-refractivity contribution in [1.82, 2.24) is 10.3 Å². The van der Waals surface area contributed by atoms with E-state index < -0.39 is 29.9 Å². The SMILES string of the molecule is C#Cc1cc(C2N[C@H](CO)[C@@H](O)[C@H]2O)c(=O)[nH]c1N. The lowest BCUT2D eigenvalue weighted by Crippen LogP contribution is -2.36. The Labute approximate surface area is 109 Å². The normalized spacial score (nSPS) is 30.2. The molecule has 1 aromatic rings. The average molecular weight is 265 g/mol. The molecule has 1 fully saturated rings. The number of hydrogen-bond donors (Lipinski definition) is 6. The number of nitrogens with two attached hydrogens (primary N) is 1. The molecule has 0 aliphatic carbocycles. The number of nitrogen functional groups attached to an aromatic ring is 1. The molecule has 2 rings (SSSR count). The van der Waals surface area contributed by atoms with Gasteiger partial charge in [-0.05, 0) is 6.07 Å². The van der Waals surface area contributed by atoms with Crippen molar-refractivity contribution in [2.75, 3.05) is 12.3 Å². The summed E-state index contributed by atoms with van der Waals surface area (Å²) in [5.74, 6) is 2.39. The Balaban J connectivity index is 2.44. The van der Waals surface area contributed by atoms with E-state index in [1.165, 1.54) is 6.07 Å². The van der Waals surface area contributed by atoms with Gasteiger partial charge in [-0.1, -0.05) is 5.92 Å². The van der Waals surface area contributed by atoms with Crippen LogP contribution in [0.1, 0.15) is 17.2 Å². The van der Waals surface area contributed by atoms with Gasteiger partial charge in [-0.3, -0.25) is 4.79 Å². The molecule has 0 saturated carbocycles. The van der Waals surface area contributed by atoms with Crippen LogP contribution < -0.4 is 16.6 Å². The van der Waals surface area contributed by atoms with Crippen LogP contribution in [-0.2, 0) is 0 Å². The Morgan fingerprint density at radius 3 is 2.63 bits per heavy atom. The Bertz CT molecular complexity index is 577. The number of aliphatic hydroxyl groups is 3. The van der Waals surface area contributed by atoms with Gasteiger partial charge in [0.15, 0.2) is 0 Å². The fourth-order valence-electron chi connectivity index (χ4n) is 2.21. The quantitative estimate of drug-likeness (QED) is 0.332. The molecule has 1 aliphatic heterocycles. The third-order valence-corrected chi connectivity index (χ3v) is 3.28. The molecule has 7 N–H and O–H groups in total. The van der Waals surface area contributed by atoms with Crippen LogP contribution in [0.4, 0.5) is 5.82 Å². The molecular formula is C12H15N3O4. The summed E-state index contributed by atoms with van der Waals surface area (Å²) >= 11 is 0. The Kier molecular flexibility index (Phi) is 3.59. The van der Waals surface area contributed by atoms with E-state index in [2.05, 4.69) is 16.2 Å². The fraction of sp³-hybridized carbons (Fsp3) is 0.417. The Hall–Kier alpha value is -1.85. The van der Waals surface area contributed by atoms with Gasteiger partial charge in [-0.15, -0.1) is 6.42 Å². The molecule has 0 amide bonds. The van der Waals surface area contributed by atoms with E-state index in [-0.39, 0.29) is 18.0 Å². The summed E-state index contributed by atoms with van der Waals surface area (Å²) in [6, 6.07) is -0.128. The van der Waals surface area contributed by atoms with Crippen LogP contribution in [0.5, 0.6) is 0 Å². The van der Waals surface area contributed by atoms with Crippen LogP contribution >= 0.6 is 0 Å². The third-order valence-electron chi connectivity index (χ3n) is 3.28.